The lowest BCUT2D eigenvalue weighted by atomic mass is 10.1. The van der Waals surface area contributed by atoms with Gasteiger partial charge in [0.1, 0.15) is 12.4 Å². The highest BCUT2D eigenvalue weighted by atomic mass is 35.5. The minimum absolute atomic E-state index is 0.0844. The summed E-state index contributed by atoms with van der Waals surface area (Å²) in [5.41, 5.74) is 2.97. The van der Waals surface area contributed by atoms with E-state index in [9.17, 15) is 19.1 Å². The Morgan fingerprint density at radius 3 is 2.60 bits per heavy atom. The summed E-state index contributed by atoms with van der Waals surface area (Å²) in [5, 5.41) is 12.0. The fraction of sp³-hybridized carbons (Fsp3) is 0.303. The molecule has 6 rings (SSSR count). The van der Waals surface area contributed by atoms with Crippen molar-refractivity contribution in [1.82, 2.24) is 14.9 Å². The van der Waals surface area contributed by atoms with Gasteiger partial charge in [-0.15, -0.1) is 0 Å². The van der Waals surface area contributed by atoms with Crippen LogP contribution in [0.15, 0.2) is 71.9 Å². The Kier molecular flexibility index (Phi) is 8.96. The second kappa shape index (κ2) is 13.2. The van der Waals surface area contributed by atoms with Gasteiger partial charge in [0.25, 0.3) is 0 Å². The molecule has 1 aromatic heterocycles. The van der Waals surface area contributed by atoms with Gasteiger partial charge in [-0.25, -0.2) is 14.8 Å². The van der Waals surface area contributed by atoms with Crippen molar-refractivity contribution in [2.45, 2.75) is 43.6 Å². The Morgan fingerprint density at radius 2 is 1.84 bits per heavy atom. The summed E-state index contributed by atoms with van der Waals surface area (Å²) in [5.74, 6) is 0.495. The molecule has 0 N–H and O–H groups in total. The van der Waals surface area contributed by atoms with Crippen LogP contribution in [0.5, 0.6) is 0 Å². The first-order valence-corrected chi connectivity index (χ1v) is 16.6. The largest absolute Gasteiger partial charge is 0.445 e. The quantitative estimate of drug-likeness (QED) is 0.262. The lowest BCUT2D eigenvalue weighted by molar-refractivity contribution is -0.118. The van der Waals surface area contributed by atoms with Crippen molar-refractivity contribution in [2.75, 3.05) is 35.7 Å². The molecule has 12 heteroatoms. The van der Waals surface area contributed by atoms with Crippen molar-refractivity contribution in [3.8, 4) is 6.07 Å². The van der Waals surface area contributed by atoms with Crippen molar-refractivity contribution in [3.05, 3.63) is 88.6 Å². The standard InChI is InChI=1S/C33H31ClN6O4S/c1-45(43)32-36-27-20-40(28-12-6-10-23-9-5-11-26(34)30(23)28)29(41)14-13-25(27)31(37-32)38-17-18-39(24(19-38)15-16-35)33(42)44-21-22-7-3-2-4-8-22/h2-12,24H,13-15,17-21H2,1H3/t24-,45?/m0/s1. The third kappa shape index (κ3) is 6.34. The Labute approximate surface area is 268 Å². The Hall–Kier alpha value is -4.53. The summed E-state index contributed by atoms with van der Waals surface area (Å²) < 4.78 is 18.3. The van der Waals surface area contributed by atoms with Crippen molar-refractivity contribution >= 4 is 56.7 Å². The topological polar surface area (TPSA) is 120 Å². The molecular formula is C33H31ClN6O4S. The van der Waals surface area contributed by atoms with Crippen molar-refractivity contribution in [3.63, 3.8) is 0 Å². The molecule has 3 aromatic carbocycles. The number of halogens is 1. The summed E-state index contributed by atoms with van der Waals surface area (Å²) in [4.78, 5) is 41.4. The predicted molar refractivity (Wildman–Crippen MR) is 172 cm³/mol. The number of aromatic nitrogens is 2. The highest BCUT2D eigenvalue weighted by Crippen LogP contribution is 2.37. The predicted octanol–water partition coefficient (Wildman–Crippen LogP) is 5.24. The fourth-order valence-electron chi connectivity index (χ4n) is 5.97. The average Bonchev–Trinajstić information content (AvgIpc) is 3.22. The molecule has 230 valence electrons. The van der Waals surface area contributed by atoms with E-state index in [4.69, 9.17) is 26.3 Å². The molecule has 3 heterocycles. The molecule has 10 nitrogen and oxygen atoms in total. The smallest absolute Gasteiger partial charge is 0.410 e. The van der Waals surface area contributed by atoms with E-state index in [1.54, 1.807) is 15.9 Å². The molecule has 2 aliphatic rings. The molecule has 0 bridgehead atoms. The number of benzene rings is 3. The summed E-state index contributed by atoms with van der Waals surface area (Å²) in [7, 11) is -1.50. The monoisotopic (exact) mass is 642 g/mol. The van der Waals surface area contributed by atoms with Crippen molar-refractivity contribution < 1.29 is 18.5 Å². The molecule has 4 aromatic rings. The van der Waals surface area contributed by atoms with Crippen LogP contribution >= 0.6 is 11.6 Å². The number of carbonyl (C=O) groups excluding carboxylic acids is 2. The van der Waals surface area contributed by atoms with Crippen molar-refractivity contribution in [2.24, 2.45) is 0 Å². The molecule has 1 fully saturated rings. The van der Waals surface area contributed by atoms with Crippen LogP contribution in [0.2, 0.25) is 5.02 Å². The van der Waals surface area contributed by atoms with Crippen LogP contribution in [0.3, 0.4) is 0 Å². The van der Waals surface area contributed by atoms with Crippen LogP contribution in [0.4, 0.5) is 16.3 Å². The van der Waals surface area contributed by atoms with Crippen molar-refractivity contribution in [1.29, 1.82) is 5.26 Å². The molecule has 2 atom stereocenters. The fourth-order valence-corrected chi connectivity index (χ4v) is 6.70. The number of piperazine rings is 1. The van der Waals surface area contributed by atoms with E-state index in [0.29, 0.717) is 48.3 Å². The summed E-state index contributed by atoms with van der Waals surface area (Å²) in [6.45, 7) is 1.34. The molecule has 0 spiro atoms. The number of hydrogen-bond donors (Lipinski definition) is 0. The number of ether oxygens (including phenoxy) is 1. The number of carbonyl (C=O) groups is 2. The maximum Gasteiger partial charge on any atom is 0.410 e. The van der Waals surface area contributed by atoms with E-state index >= 15 is 0 Å². The summed E-state index contributed by atoms with van der Waals surface area (Å²) >= 11 is 6.62. The van der Waals surface area contributed by atoms with E-state index < -0.39 is 22.9 Å². The third-order valence-electron chi connectivity index (χ3n) is 8.18. The maximum atomic E-state index is 13.6. The normalized spacial score (nSPS) is 17.4. The van der Waals surface area contributed by atoms with E-state index in [2.05, 4.69) is 6.07 Å². The van der Waals surface area contributed by atoms with Crippen LogP contribution < -0.4 is 9.80 Å². The Bertz CT molecular complexity index is 1830. The number of nitrogens with zero attached hydrogens (tertiary/aromatic N) is 6. The van der Waals surface area contributed by atoms with Gasteiger partial charge in [-0.2, -0.15) is 5.26 Å². The Balaban J connectivity index is 1.31. The average molecular weight is 643 g/mol. The first-order chi connectivity index (χ1) is 21.8. The van der Waals surface area contributed by atoms with Gasteiger partial charge in [0.2, 0.25) is 11.1 Å². The second-order valence-corrected chi connectivity index (χ2v) is 12.7. The lowest BCUT2D eigenvalue weighted by Crippen LogP contribution is -2.55. The SMILES string of the molecule is CS(=O)c1nc2c(c(N3CCN(C(=O)OCc4ccccc4)[C@@H](CC#N)C3)n1)CCC(=O)N(c1cccc3cccc(Cl)c13)C2. The molecule has 2 aliphatic heterocycles. The van der Waals surface area contributed by atoms with Gasteiger partial charge in [0.05, 0.1) is 52.3 Å². The molecule has 0 radical (unpaired) electrons. The first-order valence-electron chi connectivity index (χ1n) is 14.6. The third-order valence-corrected chi connectivity index (χ3v) is 9.19. The number of nitriles is 1. The van der Waals surface area contributed by atoms with Crippen LogP contribution in [-0.4, -0.2) is 63.0 Å². The highest BCUT2D eigenvalue weighted by molar-refractivity contribution is 7.84. The second-order valence-electron chi connectivity index (χ2n) is 11.0. The van der Waals surface area contributed by atoms with Gasteiger partial charge in [-0.05, 0) is 29.5 Å². The summed E-state index contributed by atoms with van der Waals surface area (Å²) in [6.07, 6.45) is 1.74. The Morgan fingerprint density at radius 1 is 1.07 bits per heavy atom. The number of rotatable bonds is 6. The number of fused-ring (bicyclic) bond motifs is 2. The van der Waals surface area contributed by atoms with Crippen LogP contribution in [0, 0.1) is 11.3 Å². The molecule has 1 unspecified atom stereocenters. The van der Waals surface area contributed by atoms with Crippen LogP contribution in [0.1, 0.15) is 29.7 Å². The zero-order chi connectivity index (χ0) is 31.5. The highest BCUT2D eigenvalue weighted by Gasteiger charge is 2.35. The van der Waals surface area contributed by atoms with Gasteiger partial charge in [0, 0.05) is 43.3 Å². The first kappa shape index (κ1) is 30.5. The molecule has 0 saturated carbocycles. The molecule has 0 aliphatic carbocycles. The van der Waals surface area contributed by atoms with Crippen LogP contribution in [-0.2, 0) is 39.9 Å². The number of amides is 2. The van der Waals surface area contributed by atoms with E-state index in [0.717, 1.165) is 21.9 Å². The molecular weight excluding hydrogens is 612 g/mol. The maximum absolute atomic E-state index is 13.6. The van der Waals surface area contributed by atoms with Gasteiger partial charge in [0.15, 0.2) is 0 Å². The van der Waals surface area contributed by atoms with E-state index in [1.165, 1.54) is 6.26 Å². The number of anilines is 2. The van der Waals surface area contributed by atoms with Crippen LogP contribution in [0.25, 0.3) is 10.8 Å². The van der Waals surface area contributed by atoms with Gasteiger partial charge in [-0.3, -0.25) is 9.00 Å². The lowest BCUT2D eigenvalue weighted by Gasteiger charge is -2.41. The van der Waals surface area contributed by atoms with E-state index in [-0.39, 0.29) is 37.1 Å². The minimum atomic E-state index is -1.50. The van der Waals surface area contributed by atoms with Gasteiger partial charge in [-0.1, -0.05) is 66.2 Å². The zero-order valence-electron chi connectivity index (χ0n) is 24.7. The van der Waals surface area contributed by atoms with Gasteiger partial charge < -0.3 is 19.4 Å². The summed E-state index contributed by atoms with van der Waals surface area (Å²) in [6, 6.07) is 22.5. The minimum Gasteiger partial charge on any atom is -0.445 e. The van der Waals surface area contributed by atoms with E-state index in [1.807, 2.05) is 65.6 Å². The molecule has 45 heavy (non-hydrogen) atoms. The molecule has 2 amide bonds. The zero-order valence-corrected chi connectivity index (χ0v) is 26.3. The van der Waals surface area contributed by atoms with Gasteiger partial charge >= 0.3 is 6.09 Å². The molecule has 1 saturated heterocycles. The number of hydrogen-bond acceptors (Lipinski definition) is 8.